The van der Waals surface area contributed by atoms with E-state index in [1.165, 1.54) is 30.4 Å². The predicted octanol–water partition coefficient (Wildman–Crippen LogP) is 3.36. The summed E-state index contributed by atoms with van der Waals surface area (Å²) in [5.41, 5.74) is 3.41. The molecule has 2 N–H and O–H groups in total. The summed E-state index contributed by atoms with van der Waals surface area (Å²) in [6, 6.07) is 8.70. The zero-order valence-corrected chi connectivity index (χ0v) is 19.0. The van der Waals surface area contributed by atoms with Gasteiger partial charge in [-0.2, -0.15) is 13.2 Å². The Hall–Kier alpha value is -2.62. The molecule has 0 radical (unpaired) electrons. The molecule has 2 heterocycles. The van der Waals surface area contributed by atoms with Gasteiger partial charge in [0.05, 0.1) is 6.04 Å². The predicted molar refractivity (Wildman–Crippen MR) is 117 cm³/mol. The molecule has 4 rings (SSSR count). The largest absolute Gasteiger partial charge is 0.490 e. The Kier molecular flexibility index (Phi) is 8.22. The number of halogens is 3. The van der Waals surface area contributed by atoms with E-state index in [1.54, 1.807) is 4.90 Å². The number of benzene rings is 1. The van der Waals surface area contributed by atoms with Crippen molar-refractivity contribution >= 4 is 17.8 Å². The minimum Gasteiger partial charge on any atom is -0.480 e. The number of hydrogen-bond donors (Lipinski definition) is 2. The second-order valence-electron chi connectivity index (χ2n) is 9.45. The lowest BCUT2D eigenvalue weighted by atomic mass is 9.66. The first-order chi connectivity index (χ1) is 16.0. The Morgan fingerprint density at radius 3 is 2.21 bits per heavy atom. The first-order valence-electron chi connectivity index (χ1n) is 11.6. The molecule has 34 heavy (non-hydrogen) atoms. The lowest BCUT2D eigenvalue weighted by molar-refractivity contribution is -0.192. The van der Waals surface area contributed by atoms with Crippen LogP contribution in [0.15, 0.2) is 24.3 Å². The summed E-state index contributed by atoms with van der Waals surface area (Å²) in [6.45, 7) is 2.33. The molecule has 2 aliphatic heterocycles. The standard InChI is InChI=1S/C22H30N2O3.C2HF3O2/c25-20(26)16-24-12-4-3-7-19(21(24)27)23-13-10-22(11-14-23)9-8-17-5-1-2-6-18(17)15-22;3-2(4,5)1(6)7/h1-2,5-6,19H,3-4,7-16H2,(H,25,26);(H,6,7). The van der Waals surface area contributed by atoms with Gasteiger partial charge in [0.15, 0.2) is 0 Å². The molecule has 1 spiro atoms. The van der Waals surface area contributed by atoms with E-state index < -0.39 is 18.1 Å². The number of fused-ring (bicyclic) bond motifs is 1. The van der Waals surface area contributed by atoms with E-state index in [1.807, 2.05) is 0 Å². The fraction of sp³-hybridized carbons (Fsp3) is 0.625. The van der Waals surface area contributed by atoms with Crippen LogP contribution in [0.2, 0.25) is 0 Å². The first-order valence-corrected chi connectivity index (χ1v) is 11.6. The highest BCUT2D eigenvalue weighted by molar-refractivity contribution is 5.85. The molecule has 1 aromatic rings. The third kappa shape index (κ3) is 6.49. The van der Waals surface area contributed by atoms with Crippen LogP contribution in [0.1, 0.15) is 49.7 Å². The average molecular weight is 485 g/mol. The van der Waals surface area contributed by atoms with Crippen molar-refractivity contribution in [2.75, 3.05) is 26.2 Å². The molecular weight excluding hydrogens is 453 g/mol. The number of nitrogens with zero attached hydrogens (tertiary/aromatic N) is 2. The van der Waals surface area contributed by atoms with E-state index in [0.717, 1.165) is 45.2 Å². The van der Waals surface area contributed by atoms with Crippen molar-refractivity contribution in [3.63, 3.8) is 0 Å². The second kappa shape index (κ2) is 10.8. The normalized spacial score (nSPS) is 22.9. The average Bonchev–Trinajstić information content (AvgIpc) is 2.95. The van der Waals surface area contributed by atoms with Crippen LogP contribution in [-0.4, -0.2) is 76.3 Å². The quantitative estimate of drug-likeness (QED) is 0.683. The zero-order valence-electron chi connectivity index (χ0n) is 19.0. The molecule has 0 aromatic heterocycles. The molecule has 0 saturated carbocycles. The fourth-order valence-electron chi connectivity index (χ4n) is 5.35. The summed E-state index contributed by atoms with van der Waals surface area (Å²) in [5, 5.41) is 16.2. The SMILES string of the molecule is O=C(O)C(F)(F)F.O=C(O)CN1CCCCC(N2CCC3(CCc4ccccc4C3)CC2)C1=O. The lowest BCUT2D eigenvalue weighted by Gasteiger charge is -2.46. The monoisotopic (exact) mass is 484 g/mol. The molecule has 3 aliphatic rings. The van der Waals surface area contributed by atoms with Crippen molar-refractivity contribution in [2.45, 2.75) is 63.6 Å². The molecule has 7 nitrogen and oxygen atoms in total. The molecule has 188 valence electrons. The Morgan fingerprint density at radius 1 is 1.00 bits per heavy atom. The fourth-order valence-corrected chi connectivity index (χ4v) is 5.35. The van der Waals surface area contributed by atoms with Crippen LogP contribution in [0.4, 0.5) is 13.2 Å². The zero-order chi connectivity index (χ0) is 24.9. The van der Waals surface area contributed by atoms with Gasteiger partial charge in [-0.1, -0.05) is 24.3 Å². The molecular formula is C24H31F3N2O5. The maximum atomic E-state index is 12.9. The molecule has 1 aliphatic carbocycles. The van der Waals surface area contributed by atoms with Gasteiger partial charge in [0, 0.05) is 6.54 Å². The number of carboxylic acids is 2. The summed E-state index contributed by atoms with van der Waals surface area (Å²) >= 11 is 0. The lowest BCUT2D eigenvalue weighted by Crippen LogP contribution is -2.53. The number of amides is 1. The number of hydrogen-bond acceptors (Lipinski definition) is 4. The highest BCUT2D eigenvalue weighted by atomic mass is 19.4. The number of carbonyl (C=O) groups excluding carboxylic acids is 1. The molecule has 1 unspecified atom stereocenters. The Morgan fingerprint density at radius 2 is 1.62 bits per heavy atom. The molecule has 2 fully saturated rings. The highest BCUT2D eigenvalue weighted by Crippen LogP contribution is 2.44. The van der Waals surface area contributed by atoms with Crippen LogP contribution >= 0.6 is 0 Å². The third-order valence-corrected chi connectivity index (χ3v) is 7.23. The summed E-state index contributed by atoms with van der Waals surface area (Å²) in [6.07, 6.45) is 3.57. The van der Waals surface area contributed by atoms with Crippen molar-refractivity contribution in [3.05, 3.63) is 35.4 Å². The van der Waals surface area contributed by atoms with Gasteiger partial charge < -0.3 is 15.1 Å². The number of likely N-dealkylation sites (tertiary alicyclic amines) is 2. The van der Waals surface area contributed by atoms with Crippen molar-refractivity contribution in [1.29, 1.82) is 0 Å². The van der Waals surface area contributed by atoms with Gasteiger partial charge in [-0.25, -0.2) is 4.79 Å². The van der Waals surface area contributed by atoms with Crippen LogP contribution in [0.25, 0.3) is 0 Å². The van der Waals surface area contributed by atoms with E-state index in [9.17, 15) is 22.8 Å². The van der Waals surface area contributed by atoms with Gasteiger partial charge in [-0.3, -0.25) is 14.5 Å². The molecule has 10 heteroatoms. The van der Waals surface area contributed by atoms with Crippen molar-refractivity contribution in [2.24, 2.45) is 5.41 Å². The number of aryl methyl sites for hydroxylation is 1. The van der Waals surface area contributed by atoms with Gasteiger partial charge in [0.2, 0.25) is 5.91 Å². The van der Waals surface area contributed by atoms with Gasteiger partial charge in [0.1, 0.15) is 6.54 Å². The van der Waals surface area contributed by atoms with Crippen LogP contribution < -0.4 is 0 Å². The minimum absolute atomic E-state index is 0.0276. The minimum atomic E-state index is -5.08. The maximum Gasteiger partial charge on any atom is 0.490 e. The second-order valence-corrected chi connectivity index (χ2v) is 9.45. The third-order valence-electron chi connectivity index (χ3n) is 7.23. The molecule has 1 atom stereocenters. The molecule has 1 amide bonds. The summed E-state index contributed by atoms with van der Waals surface area (Å²) < 4.78 is 31.7. The number of aliphatic carboxylic acids is 2. The number of carboxylic acid groups (broad SMARTS) is 2. The van der Waals surface area contributed by atoms with Crippen molar-refractivity contribution in [3.8, 4) is 0 Å². The van der Waals surface area contributed by atoms with Gasteiger partial charge in [-0.15, -0.1) is 0 Å². The molecule has 1 aromatic carbocycles. The van der Waals surface area contributed by atoms with E-state index in [0.29, 0.717) is 12.0 Å². The maximum absolute atomic E-state index is 12.9. The number of carbonyl (C=O) groups is 3. The summed E-state index contributed by atoms with van der Waals surface area (Å²) in [5.74, 6) is -3.64. The summed E-state index contributed by atoms with van der Waals surface area (Å²) in [4.78, 5) is 36.8. The van der Waals surface area contributed by atoms with Gasteiger partial charge >= 0.3 is 18.1 Å². The molecule has 0 bridgehead atoms. The van der Waals surface area contributed by atoms with Crippen LogP contribution in [0, 0.1) is 5.41 Å². The van der Waals surface area contributed by atoms with Crippen molar-refractivity contribution in [1.82, 2.24) is 9.80 Å². The summed E-state index contributed by atoms with van der Waals surface area (Å²) in [7, 11) is 0. The van der Waals surface area contributed by atoms with E-state index in [4.69, 9.17) is 15.0 Å². The number of piperidine rings is 1. The first kappa shape index (κ1) is 26.0. The topological polar surface area (TPSA) is 98.1 Å². The van der Waals surface area contributed by atoms with Crippen LogP contribution in [0.5, 0.6) is 0 Å². The van der Waals surface area contributed by atoms with Crippen LogP contribution in [0.3, 0.4) is 0 Å². The van der Waals surface area contributed by atoms with E-state index in [2.05, 4.69) is 29.2 Å². The van der Waals surface area contributed by atoms with Crippen LogP contribution in [-0.2, 0) is 27.2 Å². The Bertz CT molecular complexity index is 897. The van der Waals surface area contributed by atoms with Gasteiger partial charge in [-0.05, 0) is 81.0 Å². The molecule has 2 saturated heterocycles. The Labute approximate surface area is 196 Å². The Balaban J connectivity index is 0.000000406. The van der Waals surface area contributed by atoms with E-state index >= 15 is 0 Å². The van der Waals surface area contributed by atoms with Crippen molar-refractivity contribution < 1.29 is 37.8 Å². The smallest absolute Gasteiger partial charge is 0.480 e. The van der Waals surface area contributed by atoms with Gasteiger partial charge in [0.25, 0.3) is 0 Å². The highest BCUT2D eigenvalue weighted by Gasteiger charge is 2.41. The van der Waals surface area contributed by atoms with E-state index in [-0.39, 0.29) is 18.5 Å². The number of rotatable bonds is 3. The number of alkyl halides is 3.